The smallest absolute Gasteiger partial charge is 0.255 e. The van der Waals surface area contributed by atoms with Crippen LogP contribution in [0.15, 0.2) is 24.5 Å². The van der Waals surface area contributed by atoms with Crippen molar-refractivity contribution in [2.24, 2.45) is 0 Å². The van der Waals surface area contributed by atoms with Gasteiger partial charge in [-0.05, 0) is 25.0 Å². The van der Waals surface area contributed by atoms with E-state index in [0.29, 0.717) is 23.7 Å². The maximum Gasteiger partial charge on any atom is 0.255 e. The quantitative estimate of drug-likeness (QED) is 0.687. The van der Waals surface area contributed by atoms with Gasteiger partial charge in [0, 0.05) is 17.5 Å². The predicted octanol–water partition coefficient (Wildman–Crippen LogP) is 2.66. The van der Waals surface area contributed by atoms with Gasteiger partial charge in [-0.2, -0.15) is 10.2 Å². The Balaban J connectivity index is 1.48. The predicted molar refractivity (Wildman–Crippen MR) is 89.5 cm³/mol. The molecule has 0 radical (unpaired) electrons. The van der Waals surface area contributed by atoms with Gasteiger partial charge in [-0.25, -0.2) is 4.98 Å². The number of rotatable bonds is 4. The van der Waals surface area contributed by atoms with Crippen molar-refractivity contribution in [2.75, 3.05) is 0 Å². The number of aromatic nitrogens is 5. The second-order valence-corrected chi connectivity index (χ2v) is 6.29. The highest BCUT2D eigenvalue weighted by Gasteiger charge is 2.23. The van der Waals surface area contributed by atoms with Crippen LogP contribution in [0, 0.1) is 0 Å². The molecule has 7 nitrogen and oxygen atoms in total. The lowest BCUT2D eigenvalue weighted by Crippen LogP contribution is -2.24. The van der Waals surface area contributed by atoms with Crippen molar-refractivity contribution >= 4 is 16.9 Å². The first kappa shape index (κ1) is 14.9. The molecule has 0 atom stereocenters. The monoisotopic (exact) mass is 324 g/mol. The minimum Gasteiger partial charge on any atom is -0.346 e. The third-order valence-corrected chi connectivity index (χ3v) is 4.76. The van der Waals surface area contributed by atoms with E-state index < -0.39 is 0 Å². The Labute approximate surface area is 139 Å². The minimum atomic E-state index is -0.101. The highest BCUT2D eigenvalue weighted by molar-refractivity contribution is 5.95. The van der Waals surface area contributed by atoms with Gasteiger partial charge in [-0.3, -0.25) is 15.0 Å². The summed E-state index contributed by atoms with van der Waals surface area (Å²) in [5.41, 5.74) is 3.15. The van der Waals surface area contributed by atoms with E-state index in [2.05, 4.69) is 30.7 Å². The molecule has 24 heavy (non-hydrogen) atoms. The van der Waals surface area contributed by atoms with E-state index in [-0.39, 0.29) is 5.91 Å². The van der Waals surface area contributed by atoms with E-state index in [1.165, 1.54) is 19.3 Å². The number of H-pyrrole nitrogens is 2. The lowest BCUT2D eigenvalue weighted by atomic mass is 9.85. The maximum absolute atomic E-state index is 12.6. The second kappa shape index (κ2) is 6.43. The Hall–Kier alpha value is -2.70. The molecule has 3 N–H and O–H groups in total. The molecule has 124 valence electrons. The van der Waals surface area contributed by atoms with Gasteiger partial charge < -0.3 is 5.32 Å². The molecular weight excluding hydrogens is 304 g/mol. The van der Waals surface area contributed by atoms with E-state index in [1.54, 1.807) is 12.4 Å². The van der Waals surface area contributed by atoms with Crippen molar-refractivity contribution < 1.29 is 4.79 Å². The summed E-state index contributed by atoms with van der Waals surface area (Å²) in [6, 6.07) is 3.80. The number of carbonyl (C=O) groups excluding carboxylic acids is 1. The summed E-state index contributed by atoms with van der Waals surface area (Å²) in [7, 11) is 0. The zero-order chi connectivity index (χ0) is 16.4. The lowest BCUT2D eigenvalue weighted by Gasteiger charge is -2.21. The largest absolute Gasteiger partial charge is 0.346 e. The van der Waals surface area contributed by atoms with Crippen LogP contribution in [0.5, 0.6) is 0 Å². The second-order valence-electron chi connectivity index (χ2n) is 6.29. The Morgan fingerprint density at radius 1 is 1.25 bits per heavy atom. The molecule has 7 heteroatoms. The van der Waals surface area contributed by atoms with Crippen LogP contribution in [0.1, 0.15) is 59.8 Å². The highest BCUT2D eigenvalue weighted by atomic mass is 16.1. The number of nitrogens with one attached hydrogen (secondary N) is 3. The van der Waals surface area contributed by atoms with Gasteiger partial charge in [-0.1, -0.05) is 19.3 Å². The van der Waals surface area contributed by atoms with Crippen molar-refractivity contribution in [3.05, 3.63) is 41.5 Å². The first-order chi connectivity index (χ1) is 11.8. The Morgan fingerprint density at radius 2 is 2.12 bits per heavy atom. The first-order valence-electron chi connectivity index (χ1n) is 8.42. The number of amides is 1. The van der Waals surface area contributed by atoms with Crippen LogP contribution in [0.25, 0.3) is 11.0 Å². The number of hydrogen-bond donors (Lipinski definition) is 3. The maximum atomic E-state index is 12.6. The van der Waals surface area contributed by atoms with Crippen LogP contribution in [0.2, 0.25) is 0 Å². The summed E-state index contributed by atoms with van der Waals surface area (Å²) in [6.07, 6.45) is 9.31. The molecule has 0 aromatic carbocycles. The topological polar surface area (TPSA) is 99.3 Å². The number of carbonyl (C=O) groups is 1. The average Bonchev–Trinajstić information content (AvgIpc) is 3.28. The molecule has 0 bridgehead atoms. The molecule has 0 aliphatic heterocycles. The van der Waals surface area contributed by atoms with Gasteiger partial charge in [0.15, 0.2) is 5.65 Å². The molecular formula is C17H20N6O. The Bertz CT molecular complexity index is 846. The number of aromatic amines is 2. The van der Waals surface area contributed by atoms with Gasteiger partial charge in [0.05, 0.1) is 29.7 Å². The standard InChI is InChI=1S/C17H20N6O/c24-17(13-9-20-22-15(13)11-5-2-1-3-6-11)19-10-14-12-7-4-8-18-16(12)23-21-14/h4,7-9,11H,1-3,5-6,10H2,(H,19,24)(H,20,22)(H,18,21,23). The fraction of sp³-hybridized carbons (Fsp3) is 0.412. The van der Waals surface area contributed by atoms with Gasteiger partial charge in [0.2, 0.25) is 0 Å². The zero-order valence-electron chi connectivity index (χ0n) is 13.4. The molecule has 1 fully saturated rings. The molecule has 3 aromatic rings. The third kappa shape index (κ3) is 2.77. The summed E-state index contributed by atoms with van der Waals surface area (Å²) in [6.45, 7) is 0.385. The highest BCUT2D eigenvalue weighted by Crippen LogP contribution is 2.33. The Morgan fingerprint density at radius 3 is 3.00 bits per heavy atom. The van der Waals surface area contributed by atoms with Crippen LogP contribution in [-0.4, -0.2) is 31.3 Å². The number of fused-ring (bicyclic) bond motifs is 1. The van der Waals surface area contributed by atoms with E-state index >= 15 is 0 Å². The normalized spacial score (nSPS) is 15.7. The average molecular weight is 324 g/mol. The molecule has 1 saturated carbocycles. The minimum absolute atomic E-state index is 0.101. The third-order valence-electron chi connectivity index (χ3n) is 4.76. The van der Waals surface area contributed by atoms with Crippen LogP contribution >= 0.6 is 0 Å². The van der Waals surface area contributed by atoms with Crippen molar-refractivity contribution in [2.45, 2.75) is 44.6 Å². The lowest BCUT2D eigenvalue weighted by molar-refractivity contribution is 0.0949. The van der Waals surface area contributed by atoms with Crippen molar-refractivity contribution in [3.8, 4) is 0 Å². The van der Waals surface area contributed by atoms with Gasteiger partial charge in [0.1, 0.15) is 0 Å². The molecule has 1 aliphatic rings. The van der Waals surface area contributed by atoms with Crippen molar-refractivity contribution in [1.82, 2.24) is 30.7 Å². The molecule has 4 rings (SSSR count). The molecule has 0 saturated heterocycles. The number of nitrogens with zero attached hydrogens (tertiary/aromatic N) is 3. The number of hydrogen-bond acceptors (Lipinski definition) is 4. The SMILES string of the molecule is O=C(NCc1[nH]nc2ncccc12)c1cn[nH]c1C1CCCCC1. The zero-order valence-corrected chi connectivity index (χ0v) is 13.4. The fourth-order valence-electron chi connectivity index (χ4n) is 3.48. The summed E-state index contributed by atoms with van der Waals surface area (Å²) in [5.74, 6) is 0.315. The number of pyridine rings is 1. The van der Waals surface area contributed by atoms with Crippen LogP contribution in [0.4, 0.5) is 0 Å². The molecule has 1 aliphatic carbocycles. The summed E-state index contributed by atoms with van der Waals surface area (Å²) in [5, 5.41) is 18.1. The Kier molecular flexibility index (Phi) is 3.98. The molecule has 3 heterocycles. The molecule has 3 aromatic heterocycles. The van der Waals surface area contributed by atoms with Crippen LogP contribution < -0.4 is 5.32 Å². The van der Waals surface area contributed by atoms with Gasteiger partial charge in [0.25, 0.3) is 5.91 Å². The molecule has 0 spiro atoms. The summed E-state index contributed by atoms with van der Waals surface area (Å²) >= 11 is 0. The van der Waals surface area contributed by atoms with Gasteiger partial charge in [-0.15, -0.1) is 0 Å². The fourth-order valence-corrected chi connectivity index (χ4v) is 3.48. The van der Waals surface area contributed by atoms with Crippen LogP contribution in [-0.2, 0) is 6.54 Å². The van der Waals surface area contributed by atoms with E-state index in [1.807, 2.05) is 12.1 Å². The molecule has 0 unspecified atom stereocenters. The van der Waals surface area contributed by atoms with Gasteiger partial charge >= 0.3 is 0 Å². The van der Waals surface area contributed by atoms with Crippen molar-refractivity contribution in [1.29, 1.82) is 0 Å². The van der Waals surface area contributed by atoms with E-state index in [0.717, 1.165) is 29.6 Å². The van der Waals surface area contributed by atoms with Crippen LogP contribution in [0.3, 0.4) is 0 Å². The van der Waals surface area contributed by atoms with Crippen molar-refractivity contribution in [3.63, 3.8) is 0 Å². The molecule has 1 amide bonds. The van der Waals surface area contributed by atoms with E-state index in [4.69, 9.17) is 0 Å². The summed E-state index contributed by atoms with van der Waals surface area (Å²) < 4.78 is 0. The van der Waals surface area contributed by atoms with E-state index in [9.17, 15) is 4.79 Å². The first-order valence-corrected chi connectivity index (χ1v) is 8.42. The summed E-state index contributed by atoms with van der Waals surface area (Å²) in [4.78, 5) is 16.8.